The van der Waals surface area contributed by atoms with Gasteiger partial charge in [0.05, 0.1) is 5.69 Å². The van der Waals surface area contributed by atoms with Crippen molar-refractivity contribution in [3.05, 3.63) is 35.7 Å². The van der Waals surface area contributed by atoms with Gasteiger partial charge in [-0.2, -0.15) is 0 Å². The van der Waals surface area contributed by atoms with Gasteiger partial charge < -0.3 is 9.64 Å². The fraction of sp³-hybridized carbons (Fsp3) is 0.529. The second-order valence-corrected chi connectivity index (χ2v) is 6.55. The van der Waals surface area contributed by atoms with Gasteiger partial charge in [-0.15, -0.1) is 0 Å². The van der Waals surface area contributed by atoms with Gasteiger partial charge in [0.25, 0.3) is 0 Å². The molecule has 2 heterocycles. The standard InChI is InChI=1S/C17H24N2O2/c1-12(2)14-7-6-13-8-10-19(11-9-15(13)18-14)16(20)21-17(3,4)5/h6-7H,1,8-11H2,2-5H3. The zero-order valence-electron chi connectivity index (χ0n) is 13.4. The summed E-state index contributed by atoms with van der Waals surface area (Å²) < 4.78 is 5.45. The van der Waals surface area contributed by atoms with Crippen LogP contribution in [0, 0.1) is 0 Å². The van der Waals surface area contributed by atoms with Gasteiger partial charge >= 0.3 is 6.09 Å². The van der Waals surface area contributed by atoms with Crippen molar-refractivity contribution in [3.63, 3.8) is 0 Å². The van der Waals surface area contributed by atoms with Crippen LogP contribution in [0.4, 0.5) is 4.79 Å². The second-order valence-electron chi connectivity index (χ2n) is 6.55. The van der Waals surface area contributed by atoms with Gasteiger partial charge in [-0.3, -0.25) is 4.98 Å². The first kappa shape index (κ1) is 15.5. The highest BCUT2D eigenvalue weighted by molar-refractivity contribution is 5.68. The third kappa shape index (κ3) is 4.06. The van der Waals surface area contributed by atoms with E-state index in [4.69, 9.17) is 4.74 Å². The first-order valence-corrected chi connectivity index (χ1v) is 7.39. The highest BCUT2D eigenvalue weighted by atomic mass is 16.6. The van der Waals surface area contributed by atoms with Crippen LogP contribution in [0.1, 0.15) is 44.6 Å². The Balaban J connectivity index is 2.10. The molecule has 0 aromatic carbocycles. The third-order valence-corrected chi connectivity index (χ3v) is 3.43. The van der Waals surface area contributed by atoms with E-state index in [9.17, 15) is 4.79 Å². The van der Waals surface area contributed by atoms with E-state index in [1.54, 1.807) is 4.90 Å². The van der Waals surface area contributed by atoms with Crippen LogP contribution in [0.2, 0.25) is 0 Å². The molecule has 0 atom stereocenters. The van der Waals surface area contributed by atoms with E-state index in [0.29, 0.717) is 13.1 Å². The minimum atomic E-state index is -0.457. The van der Waals surface area contributed by atoms with Gasteiger partial charge in [0.1, 0.15) is 5.60 Å². The molecule has 0 spiro atoms. The molecule has 4 nitrogen and oxygen atoms in total. The van der Waals surface area contributed by atoms with Gasteiger partial charge in [-0.05, 0) is 51.3 Å². The summed E-state index contributed by atoms with van der Waals surface area (Å²) in [6, 6.07) is 4.11. The smallest absolute Gasteiger partial charge is 0.410 e. The van der Waals surface area contributed by atoms with Crippen molar-refractivity contribution in [1.29, 1.82) is 0 Å². The van der Waals surface area contributed by atoms with Crippen LogP contribution in [0.5, 0.6) is 0 Å². The Morgan fingerprint density at radius 2 is 1.95 bits per heavy atom. The Hall–Kier alpha value is -1.84. The first-order valence-electron chi connectivity index (χ1n) is 7.39. The van der Waals surface area contributed by atoms with Crippen LogP contribution in [-0.4, -0.2) is 34.7 Å². The number of nitrogens with zero attached hydrogens (tertiary/aromatic N) is 2. The molecule has 0 bridgehead atoms. The van der Waals surface area contributed by atoms with Crippen molar-refractivity contribution < 1.29 is 9.53 Å². The van der Waals surface area contributed by atoms with Crippen molar-refractivity contribution in [2.75, 3.05) is 13.1 Å². The number of hydrogen-bond donors (Lipinski definition) is 0. The average Bonchev–Trinajstić information content (AvgIpc) is 2.58. The number of amides is 1. The monoisotopic (exact) mass is 288 g/mol. The first-order chi connectivity index (χ1) is 9.76. The van der Waals surface area contributed by atoms with Crippen LogP contribution in [0.25, 0.3) is 5.57 Å². The molecule has 0 saturated heterocycles. The van der Waals surface area contributed by atoms with Gasteiger partial charge in [0, 0.05) is 25.2 Å². The van der Waals surface area contributed by atoms with E-state index in [1.807, 2.05) is 33.8 Å². The van der Waals surface area contributed by atoms with Crippen molar-refractivity contribution in [2.45, 2.75) is 46.1 Å². The Kier molecular flexibility index (Phi) is 4.35. The number of pyridine rings is 1. The number of carbonyl (C=O) groups excluding carboxylic acids is 1. The molecule has 21 heavy (non-hydrogen) atoms. The van der Waals surface area contributed by atoms with Crippen LogP contribution in [0.15, 0.2) is 18.7 Å². The Bertz CT molecular complexity index is 558. The quantitative estimate of drug-likeness (QED) is 0.795. The van der Waals surface area contributed by atoms with E-state index in [-0.39, 0.29) is 6.09 Å². The average molecular weight is 288 g/mol. The van der Waals surface area contributed by atoms with Gasteiger partial charge in [-0.25, -0.2) is 4.79 Å². The summed E-state index contributed by atoms with van der Waals surface area (Å²) in [5.74, 6) is 0. The molecular weight excluding hydrogens is 264 g/mol. The number of fused-ring (bicyclic) bond motifs is 1. The molecule has 4 heteroatoms. The topological polar surface area (TPSA) is 42.4 Å². The zero-order valence-corrected chi connectivity index (χ0v) is 13.4. The van der Waals surface area contributed by atoms with E-state index in [2.05, 4.69) is 17.6 Å². The van der Waals surface area contributed by atoms with Crippen LogP contribution in [-0.2, 0) is 17.6 Å². The lowest BCUT2D eigenvalue weighted by Gasteiger charge is -2.26. The maximum atomic E-state index is 12.2. The number of rotatable bonds is 1. The van der Waals surface area contributed by atoms with Crippen LogP contribution in [0.3, 0.4) is 0 Å². The number of hydrogen-bond acceptors (Lipinski definition) is 3. The number of allylic oxidation sites excluding steroid dienone is 1. The molecule has 1 aliphatic heterocycles. The molecule has 0 radical (unpaired) electrons. The van der Waals surface area contributed by atoms with Crippen LogP contribution < -0.4 is 0 Å². The minimum absolute atomic E-state index is 0.240. The van der Waals surface area contributed by atoms with Crippen molar-refractivity contribution >= 4 is 11.7 Å². The van der Waals surface area contributed by atoms with Crippen molar-refractivity contribution in [1.82, 2.24) is 9.88 Å². The van der Waals surface area contributed by atoms with E-state index in [0.717, 1.165) is 29.8 Å². The Labute approximate surface area is 126 Å². The van der Waals surface area contributed by atoms with E-state index >= 15 is 0 Å². The van der Waals surface area contributed by atoms with Gasteiger partial charge in [-0.1, -0.05) is 12.6 Å². The molecular formula is C17H24N2O2. The summed E-state index contributed by atoms with van der Waals surface area (Å²) in [5.41, 5.74) is 3.72. The highest BCUT2D eigenvalue weighted by Crippen LogP contribution is 2.19. The molecule has 114 valence electrons. The lowest BCUT2D eigenvalue weighted by Crippen LogP contribution is -2.38. The molecule has 0 fully saturated rings. The van der Waals surface area contributed by atoms with Gasteiger partial charge in [0.15, 0.2) is 0 Å². The van der Waals surface area contributed by atoms with Crippen molar-refractivity contribution in [2.24, 2.45) is 0 Å². The molecule has 0 saturated carbocycles. The SMILES string of the molecule is C=C(C)c1ccc2c(n1)CCN(C(=O)OC(C)(C)C)CC2. The molecule has 0 aliphatic carbocycles. The highest BCUT2D eigenvalue weighted by Gasteiger charge is 2.24. The molecule has 1 aliphatic rings. The van der Waals surface area contributed by atoms with Gasteiger partial charge in [0.2, 0.25) is 0 Å². The molecule has 2 rings (SSSR count). The molecule has 0 N–H and O–H groups in total. The van der Waals surface area contributed by atoms with Crippen molar-refractivity contribution in [3.8, 4) is 0 Å². The third-order valence-electron chi connectivity index (χ3n) is 3.43. The largest absolute Gasteiger partial charge is 0.444 e. The summed E-state index contributed by atoms with van der Waals surface area (Å²) in [5, 5.41) is 0. The zero-order chi connectivity index (χ0) is 15.6. The molecule has 1 aromatic heterocycles. The Morgan fingerprint density at radius 3 is 2.57 bits per heavy atom. The Morgan fingerprint density at radius 1 is 1.29 bits per heavy atom. The normalized spacial score (nSPS) is 15.1. The summed E-state index contributed by atoms with van der Waals surface area (Å²) in [4.78, 5) is 18.6. The molecule has 0 unspecified atom stereocenters. The minimum Gasteiger partial charge on any atom is -0.444 e. The van der Waals surface area contributed by atoms with E-state index in [1.165, 1.54) is 5.56 Å². The summed E-state index contributed by atoms with van der Waals surface area (Å²) in [6.07, 6.45) is 1.34. The predicted octanol–water partition coefficient (Wildman–Crippen LogP) is 3.45. The molecule has 1 aromatic rings. The number of ether oxygens (including phenoxy) is 1. The second kappa shape index (κ2) is 5.88. The lowest BCUT2D eigenvalue weighted by molar-refractivity contribution is 0.0258. The van der Waals surface area contributed by atoms with Crippen LogP contribution >= 0.6 is 0 Å². The fourth-order valence-corrected chi connectivity index (χ4v) is 2.33. The lowest BCUT2D eigenvalue weighted by atomic mass is 10.1. The predicted molar refractivity (Wildman–Crippen MR) is 84.2 cm³/mol. The number of carbonyl (C=O) groups is 1. The number of aromatic nitrogens is 1. The van der Waals surface area contributed by atoms with E-state index < -0.39 is 5.60 Å². The summed E-state index contributed by atoms with van der Waals surface area (Å²) in [6.45, 7) is 12.9. The molecule has 1 amide bonds. The maximum Gasteiger partial charge on any atom is 0.410 e. The summed E-state index contributed by atoms with van der Waals surface area (Å²) in [7, 11) is 0. The fourth-order valence-electron chi connectivity index (χ4n) is 2.33. The summed E-state index contributed by atoms with van der Waals surface area (Å²) >= 11 is 0. The maximum absolute atomic E-state index is 12.2.